The Morgan fingerprint density at radius 2 is 1.90 bits per heavy atom. The van der Waals surface area contributed by atoms with Gasteiger partial charge in [-0.25, -0.2) is 9.78 Å². The number of aliphatic carboxylic acids is 1. The minimum absolute atomic E-state index is 0.150. The number of carboxylic acids is 1. The van der Waals surface area contributed by atoms with Gasteiger partial charge in [-0.3, -0.25) is 4.79 Å². The third kappa shape index (κ3) is 4.68. The highest BCUT2D eigenvalue weighted by molar-refractivity contribution is 6.29. The van der Waals surface area contributed by atoms with Crippen LogP contribution in [0.25, 0.3) is 0 Å². The molecule has 1 aromatic rings. The summed E-state index contributed by atoms with van der Waals surface area (Å²) in [6, 6.07) is 1.53. The minimum Gasteiger partial charge on any atom is -0.480 e. The van der Waals surface area contributed by atoms with Crippen LogP contribution in [0.1, 0.15) is 43.7 Å². The summed E-state index contributed by atoms with van der Waals surface area (Å²) in [4.78, 5) is 27.3. The van der Waals surface area contributed by atoms with E-state index in [1.807, 2.05) is 20.8 Å². The second-order valence-electron chi connectivity index (χ2n) is 5.84. The van der Waals surface area contributed by atoms with Crippen LogP contribution in [0.4, 0.5) is 0 Å². The Hall–Kier alpha value is -1.66. The van der Waals surface area contributed by atoms with Gasteiger partial charge in [-0.2, -0.15) is 0 Å². The van der Waals surface area contributed by atoms with Crippen LogP contribution >= 0.6 is 11.6 Å². The summed E-state index contributed by atoms with van der Waals surface area (Å²) < 4.78 is 0. The summed E-state index contributed by atoms with van der Waals surface area (Å²) >= 11 is 5.90. The van der Waals surface area contributed by atoms with Gasteiger partial charge in [0, 0.05) is 16.7 Å². The predicted octanol–water partition coefficient (Wildman–Crippen LogP) is 1.60. The number of amides is 1. The fourth-order valence-electron chi connectivity index (χ4n) is 1.63. The van der Waals surface area contributed by atoms with Gasteiger partial charge in [0.05, 0.1) is 6.10 Å². The van der Waals surface area contributed by atoms with Crippen molar-refractivity contribution in [2.75, 3.05) is 0 Å². The molecule has 6 nitrogen and oxygen atoms in total. The first-order valence-electron chi connectivity index (χ1n) is 6.42. The molecule has 116 valence electrons. The zero-order valence-corrected chi connectivity index (χ0v) is 13.1. The number of nitrogens with zero attached hydrogens (tertiary/aromatic N) is 1. The van der Waals surface area contributed by atoms with Crippen molar-refractivity contribution in [3.05, 3.63) is 28.5 Å². The summed E-state index contributed by atoms with van der Waals surface area (Å²) in [6.07, 6.45) is -1.22. The first-order valence-corrected chi connectivity index (χ1v) is 6.80. The van der Waals surface area contributed by atoms with Crippen LogP contribution in [0.2, 0.25) is 5.15 Å². The Kier molecular flexibility index (Phi) is 5.31. The molecule has 1 rings (SSSR count). The number of aliphatic hydroxyl groups is 1. The van der Waals surface area contributed by atoms with E-state index in [4.69, 9.17) is 16.7 Å². The molecule has 0 fully saturated rings. The summed E-state index contributed by atoms with van der Waals surface area (Å²) in [6.45, 7) is 7.05. The number of hydrogen-bond donors (Lipinski definition) is 3. The van der Waals surface area contributed by atoms with Crippen LogP contribution in [0.3, 0.4) is 0 Å². The highest BCUT2D eigenvalue weighted by atomic mass is 35.5. The lowest BCUT2D eigenvalue weighted by atomic mass is 9.91. The van der Waals surface area contributed by atoms with E-state index in [-0.39, 0.29) is 16.1 Å². The third-order valence-electron chi connectivity index (χ3n) is 2.86. The lowest BCUT2D eigenvalue weighted by Gasteiger charge is -2.20. The van der Waals surface area contributed by atoms with Crippen molar-refractivity contribution in [1.29, 1.82) is 0 Å². The molecule has 1 amide bonds. The van der Waals surface area contributed by atoms with Gasteiger partial charge in [0.1, 0.15) is 5.15 Å². The summed E-state index contributed by atoms with van der Waals surface area (Å²) in [5.41, 5.74) is 0.507. The maximum Gasteiger partial charge on any atom is 0.328 e. The van der Waals surface area contributed by atoms with Gasteiger partial charge in [-0.1, -0.05) is 32.4 Å². The molecule has 0 saturated carbocycles. The zero-order valence-electron chi connectivity index (χ0n) is 12.3. The number of pyridine rings is 1. The smallest absolute Gasteiger partial charge is 0.328 e. The van der Waals surface area contributed by atoms with Crippen molar-refractivity contribution in [3.63, 3.8) is 0 Å². The second-order valence-corrected chi connectivity index (χ2v) is 6.23. The second kappa shape index (κ2) is 6.41. The summed E-state index contributed by atoms with van der Waals surface area (Å²) in [5.74, 6) is -1.94. The Balaban J connectivity index is 3.08. The Morgan fingerprint density at radius 1 is 1.33 bits per heavy atom. The Labute approximate surface area is 128 Å². The summed E-state index contributed by atoms with van der Waals surface area (Å²) in [5, 5.41) is 20.8. The SMILES string of the molecule is CC(O)C(NC(=O)c1cc(Cl)nc(C(C)(C)C)c1)C(=O)O. The largest absolute Gasteiger partial charge is 0.480 e. The lowest BCUT2D eigenvalue weighted by Crippen LogP contribution is -2.47. The van der Waals surface area contributed by atoms with Crippen molar-refractivity contribution >= 4 is 23.5 Å². The Bertz CT molecular complexity index is 552. The van der Waals surface area contributed by atoms with Crippen LogP contribution in [0.5, 0.6) is 0 Å². The van der Waals surface area contributed by atoms with Crippen molar-refractivity contribution in [1.82, 2.24) is 10.3 Å². The molecule has 2 unspecified atom stereocenters. The van der Waals surface area contributed by atoms with Gasteiger partial charge in [-0.05, 0) is 19.1 Å². The fraction of sp³-hybridized carbons (Fsp3) is 0.500. The van der Waals surface area contributed by atoms with Crippen LogP contribution in [0, 0.1) is 0 Å². The monoisotopic (exact) mass is 314 g/mol. The molecule has 0 saturated heterocycles. The number of aromatic nitrogens is 1. The first-order chi connectivity index (χ1) is 9.52. The molecule has 0 bridgehead atoms. The number of aliphatic hydroxyl groups excluding tert-OH is 1. The van der Waals surface area contributed by atoms with Crippen LogP contribution < -0.4 is 5.32 Å². The van der Waals surface area contributed by atoms with E-state index in [0.29, 0.717) is 5.69 Å². The molecule has 0 spiro atoms. The van der Waals surface area contributed by atoms with Gasteiger partial charge in [-0.15, -0.1) is 0 Å². The molecule has 1 heterocycles. The van der Waals surface area contributed by atoms with E-state index in [0.717, 1.165) is 0 Å². The molecule has 0 radical (unpaired) electrons. The van der Waals surface area contributed by atoms with E-state index < -0.39 is 24.0 Å². The summed E-state index contributed by atoms with van der Waals surface area (Å²) in [7, 11) is 0. The van der Waals surface area contributed by atoms with E-state index in [1.54, 1.807) is 6.07 Å². The lowest BCUT2D eigenvalue weighted by molar-refractivity contribution is -0.141. The number of rotatable bonds is 4. The third-order valence-corrected chi connectivity index (χ3v) is 3.05. The average molecular weight is 315 g/mol. The number of carbonyl (C=O) groups excluding carboxylic acids is 1. The normalized spacial score (nSPS) is 14.4. The molecule has 0 aliphatic heterocycles. The topological polar surface area (TPSA) is 99.5 Å². The molecule has 21 heavy (non-hydrogen) atoms. The van der Waals surface area contributed by atoms with E-state index in [9.17, 15) is 14.7 Å². The van der Waals surface area contributed by atoms with E-state index in [2.05, 4.69) is 10.3 Å². The average Bonchev–Trinajstić information content (AvgIpc) is 2.32. The van der Waals surface area contributed by atoms with E-state index in [1.165, 1.54) is 13.0 Å². The minimum atomic E-state index is -1.39. The van der Waals surface area contributed by atoms with Crippen molar-refractivity contribution in [2.24, 2.45) is 0 Å². The number of carboxylic acid groups (broad SMARTS) is 1. The fourth-order valence-corrected chi connectivity index (χ4v) is 1.83. The quantitative estimate of drug-likeness (QED) is 0.733. The molecular weight excluding hydrogens is 296 g/mol. The van der Waals surface area contributed by atoms with Crippen molar-refractivity contribution in [2.45, 2.75) is 45.3 Å². The zero-order chi connectivity index (χ0) is 16.4. The molecular formula is C14H19ClN2O4. The van der Waals surface area contributed by atoms with Gasteiger partial charge < -0.3 is 15.5 Å². The van der Waals surface area contributed by atoms with E-state index >= 15 is 0 Å². The molecule has 7 heteroatoms. The first kappa shape index (κ1) is 17.4. The molecule has 3 N–H and O–H groups in total. The molecule has 0 aliphatic rings. The standard InChI is InChI=1S/C14H19ClN2O4/c1-7(18)11(13(20)21)17-12(19)8-5-9(14(2,3)4)16-10(15)6-8/h5-7,11,18H,1-4H3,(H,17,19)(H,20,21). The van der Waals surface area contributed by atoms with Crippen LogP contribution in [-0.4, -0.2) is 39.2 Å². The number of nitrogens with one attached hydrogen (secondary N) is 1. The van der Waals surface area contributed by atoms with Crippen molar-refractivity contribution in [3.8, 4) is 0 Å². The van der Waals surface area contributed by atoms with Gasteiger partial charge in [0.25, 0.3) is 5.91 Å². The van der Waals surface area contributed by atoms with Gasteiger partial charge in [0.15, 0.2) is 6.04 Å². The number of carbonyl (C=O) groups is 2. The van der Waals surface area contributed by atoms with Crippen LogP contribution in [-0.2, 0) is 10.2 Å². The van der Waals surface area contributed by atoms with Gasteiger partial charge in [0.2, 0.25) is 0 Å². The highest BCUT2D eigenvalue weighted by Crippen LogP contribution is 2.23. The van der Waals surface area contributed by atoms with Crippen LogP contribution in [0.15, 0.2) is 12.1 Å². The van der Waals surface area contributed by atoms with Gasteiger partial charge >= 0.3 is 5.97 Å². The molecule has 1 aromatic heterocycles. The maximum atomic E-state index is 12.1. The molecule has 2 atom stereocenters. The van der Waals surface area contributed by atoms with Crippen molar-refractivity contribution < 1.29 is 19.8 Å². The highest BCUT2D eigenvalue weighted by Gasteiger charge is 2.26. The molecule has 0 aliphatic carbocycles. The maximum absolute atomic E-state index is 12.1. The molecule has 0 aromatic carbocycles. The predicted molar refractivity (Wildman–Crippen MR) is 78.5 cm³/mol. The number of hydrogen-bond acceptors (Lipinski definition) is 4. The Morgan fingerprint density at radius 3 is 2.33 bits per heavy atom. The number of halogens is 1.